The Labute approximate surface area is 309 Å². The average molecular weight is 747 g/mol. The molecule has 48 heavy (non-hydrogen) atoms. The number of ether oxygens (including phenoxy) is 2. The zero-order valence-corrected chi connectivity index (χ0v) is 32.0. The first-order valence-electron chi connectivity index (χ1n) is 17.6. The van der Waals surface area contributed by atoms with Gasteiger partial charge in [0.15, 0.2) is 11.6 Å². The Morgan fingerprint density at radius 1 is 0.562 bits per heavy atom. The number of hydrogen-bond acceptors (Lipinski definition) is 6. The van der Waals surface area contributed by atoms with Crippen LogP contribution in [0.15, 0.2) is 48.5 Å². The van der Waals surface area contributed by atoms with Gasteiger partial charge in [-0.15, -0.1) is 46.4 Å². The molecule has 0 amide bonds. The van der Waals surface area contributed by atoms with E-state index in [9.17, 15) is 9.59 Å². The molecule has 0 unspecified atom stereocenters. The quantitative estimate of drug-likeness (QED) is 0.0470. The van der Waals surface area contributed by atoms with Crippen LogP contribution in [-0.2, 0) is 0 Å². The third-order valence-electron chi connectivity index (χ3n) is 8.48. The van der Waals surface area contributed by atoms with E-state index in [1.54, 1.807) is 0 Å². The highest BCUT2D eigenvalue weighted by atomic mass is 35.5. The fourth-order valence-electron chi connectivity index (χ4n) is 5.69. The summed E-state index contributed by atoms with van der Waals surface area (Å²) in [4.78, 5) is 32.4. The summed E-state index contributed by atoms with van der Waals surface area (Å²) in [5, 5.41) is 0. The SMILES string of the molecule is CCCCCOc1ccc(C(=O)[C@H](CC[C@@H](CN(CCCl)CCCl)C(=O)c2ccc(OCCCCC)cc2)CN(CCCl)CCCl)cc1. The van der Waals surface area contributed by atoms with Gasteiger partial charge < -0.3 is 19.3 Å². The highest BCUT2D eigenvalue weighted by Crippen LogP contribution is 2.25. The molecule has 270 valence electrons. The number of carbonyl (C=O) groups excluding carboxylic acids is 2. The van der Waals surface area contributed by atoms with E-state index in [0.717, 1.165) is 50.0 Å². The number of ketones is 2. The molecule has 0 spiro atoms. The van der Waals surface area contributed by atoms with Crippen LogP contribution >= 0.6 is 46.4 Å². The Morgan fingerprint density at radius 3 is 1.19 bits per heavy atom. The number of nitrogens with zero attached hydrogens (tertiary/aromatic N) is 2. The second kappa shape index (κ2) is 26.3. The molecule has 0 heterocycles. The van der Waals surface area contributed by atoms with E-state index in [2.05, 4.69) is 23.6 Å². The van der Waals surface area contributed by atoms with Crippen molar-refractivity contribution in [1.82, 2.24) is 9.80 Å². The molecule has 0 aromatic heterocycles. The summed E-state index contributed by atoms with van der Waals surface area (Å²) in [5.41, 5.74) is 1.25. The largest absolute Gasteiger partial charge is 0.494 e. The van der Waals surface area contributed by atoms with Crippen molar-refractivity contribution in [1.29, 1.82) is 0 Å². The lowest BCUT2D eigenvalue weighted by Gasteiger charge is -2.29. The summed E-state index contributed by atoms with van der Waals surface area (Å²) in [7, 11) is 0. The first kappa shape index (κ1) is 42.6. The Kier molecular flexibility index (Phi) is 23.4. The Hall–Kier alpha value is -1.54. The number of rotatable bonds is 29. The minimum Gasteiger partial charge on any atom is -0.494 e. The maximum atomic E-state index is 14.1. The molecule has 0 aliphatic rings. The van der Waals surface area contributed by atoms with E-state index in [-0.39, 0.29) is 23.4 Å². The zero-order valence-electron chi connectivity index (χ0n) is 29.0. The second-order valence-electron chi connectivity index (χ2n) is 12.2. The number of halogens is 4. The monoisotopic (exact) mass is 744 g/mol. The summed E-state index contributed by atoms with van der Waals surface area (Å²) < 4.78 is 11.7. The molecular formula is C38H56Cl4N2O4. The van der Waals surface area contributed by atoms with E-state index >= 15 is 0 Å². The number of benzene rings is 2. The van der Waals surface area contributed by atoms with Crippen LogP contribution in [0, 0.1) is 11.8 Å². The standard InChI is InChI=1S/C38H56Cl4N2O4/c1-3-5-7-27-47-35-15-11-31(12-16-35)37(45)33(29-43(23-19-39)24-20-40)9-10-34(30-44(25-21-41)26-22-42)38(46)32-13-17-36(18-14-32)48-28-8-6-4-2/h11-18,33-34H,3-10,19-30H2,1-2H3/t33-,34+. The van der Waals surface area contributed by atoms with Gasteiger partial charge in [-0.25, -0.2) is 0 Å². The van der Waals surface area contributed by atoms with Gasteiger partial charge in [0.2, 0.25) is 0 Å². The molecule has 6 nitrogen and oxygen atoms in total. The van der Waals surface area contributed by atoms with Gasteiger partial charge in [0, 0.05) is 85.8 Å². The van der Waals surface area contributed by atoms with Gasteiger partial charge in [-0.2, -0.15) is 0 Å². The van der Waals surface area contributed by atoms with Crippen molar-refractivity contribution in [3.8, 4) is 11.5 Å². The molecule has 10 heteroatoms. The van der Waals surface area contributed by atoms with E-state index < -0.39 is 0 Å². The van der Waals surface area contributed by atoms with Gasteiger partial charge in [-0.05, 0) is 74.2 Å². The van der Waals surface area contributed by atoms with E-state index in [0.29, 0.717) is 100.0 Å². The van der Waals surface area contributed by atoms with Crippen molar-refractivity contribution in [3.05, 3.63) is 59.7 Å². The molecule has 0 N–H and O–H groups in total. The van der Waals surface area contributed by atoms with Crippen LogP contribution in [0.25, 0.3) is 0 Å². The highest BCUT2D eigenvalue weighted by molar-refractivity contribution is 6.18. The third kappa shape index (κ3) is 16.4. The van der Waals surface area contributed by atoms with Gasteiger partial charge in [0.25, 0.3) is 0 Å². The minimum absolute atomic E-state index is 0.0378. The highest BCUT2D eigenvalue weighted by Gasteiger charge is 2.28. The van der Waals surface area contributed by atoms with Crippen LogP contribution in [0.3, 0.4) is 0 Å². The average Bonchev–Trinajstić information content (AvgIpc) is 3.10. The molecular weight excluding hydrogens is 690 g/mol. The number of carbonyl (C=O) groups is 2. The molecule has 2 aromatic rings. The van der Waals surface area contributed by atoms with Crippen LogP contribution < -0.4 is 9.47 Å². The first-order valence-corrected chi connectivity index (χ1v) is 19.8. The van der Waals surface area contributed by atoms with Crippen LogP contribution in [0.1, 0.15) is 85.9 Å². The number of unbranched alkanes of at least 4 members (excludes halogenated alkanes) is 4. The fraction of sp³-hybridized carbons (Fsp3) is 0.632. The minimum atomic E-state index is -0.351. The smallest absolute Gasteiger partial charge is 0.167 e. The third-order valence-corrected chi connectivity index (χ3v) is 9.15. The fourth-order valence-corrected chi connectivity index (χ4v) is 6.65. The number of hydrogen-bond donors (Lipinski definition) is 0. The van der Waals surface area contributed by atoms with Crippen LogP contribution in [0.5, 0.6) is 11.5 Å². The van der Waals surface area contributed by atoms with Crippen molar-refractivity contribution in [2.45, 2.75) is 65.2 Å². The Balaban J connectivity index is 2.29. The van der Waals surface area contributed by atoms with E-state index in [1.807, 2.05) is 48.5 Å². The van der Waals surface area contributed by atoms with Crippen molar-refractivity contribution in [2.24, 2.45) is 11.8 Å². The molecule has 0 radical (unpaired) electrons. The van der Waals surface area contributed by atoms with E-state index in [4.69, 9.17) is 55.9 Å². The summed E-state index contributed by atoms with van der Waals surface area (Å²) in [6.07, 6.45) is 7.56. The maximum absolute atomic E-state index is 14.1. The second-order valence-corrected chi connectivity index (χ2v) is 13.7. The molecule has 2 atom stereocenters. The zero-order chi connectivity index (χ0) is 35.0. The molecule has 2 rings (SSSR count). The van der Waals surface area contributed by atoms with Gasteiger partial charge in [-0.1, -0.05) is 39.5 Å². The first-order chi connectivity index (χ1) is 23.4. The lowest BCUT2D eigenvalue weighted by molar-refractivity contribution is 0.0816. The lowest BCUT2D eigenvalue weighted by Crippen LogP contribution is -2.38. The summed E-state index contributed by atoms with van der Waals surface area (Å²) >= 11 is 24.5. The maximum Gasteiger partial charge on any atom is 0.167 e. The van der Waals surface area contributed by atoms with Crippen LogP contribution in [0.4, 0.5) is 0 Å². The topological polar surface area (TPSA) is 59.1 Å². The predicted molar refractivity (Wildman–Crippen MR) is 204 cm³/mol. The molecule has 2 aromatic carbocycles. The summed E-state index contributed by atoms with van der Waals surface area (Å²) in [5.74, 6) is 2.64. The predicted octanol–water partition coefficient (Wildman–Crippen LogP) is 9.46. The van der Waals surface area contributed by atoms with Crippen molar-refractivity contribution >= 4 is 58.0 Å². The van der Waals surface area contributed by atoms with Gasteiger partial charge in [0.05, 0.1) is 13.2 Å². The number of Topliss-reactive ketones (excluding diaryl/α,β-unsaturated/α-hetero) is 2. The molecule has 0 fully saturated rings. The molecule has 0 saturated heterocycles. The lowest BCUT2D eigenvalue weighted by atomic mass is 9.86. The molecule has 0 saturated carbocycles. The molecule has 0 aliphatic heterocycles. The normalized spacial score (nSPS) is 12.8. The van der Waals surface area contributed by atoms with Crippen molar-refractivity contribution < 1.29 is 19.1 Å². The van der Waals surface area contributed by atoms with Crippen LogP contribution in [-0.4, -0.2) is 97.4 Å². The summed E-state index contributed by atoms with van der Waals surface area (Å²) in [6.45, 7) is 9.14. The van der Waals surface area contributed by atoms with Crippen molar-refractivity contribution in [2.75, 3.05) is 76.0 Å². The summed E-state index contributed by atoms with van der Waals surface area (Å²) in [6, 6.07) is 14.8. The Morgan fingerprint density at radius 2 is 0.896 bits per heavy atom. The van der Waals surface area contributed by atoms with Gasteiger partial charge in [-0.3, -0.25) is 9.59 Å². The van der Waals surface area contributed by atoms with Gasteiger partial charge >= 0.3 is 0 Å². The van der Waals surface area contributed by atoms with Gasteiger partial charge in [0.1, 0.15) is 11.5 Å². The van der Waals surface area contributed by atoms with E-state index in [1.165, 1.54) is 0 Å². The molecule has 0 bridgehead atoms. The number of alkyl halides is 4. The Bertz CT molecular complexity index is 1040. The van der Waals surface area contributed by atoms with Crippen molar-refractivity contribution in [3.63, 3.8) is 0 Å². The van der Waals surface area contributed by atoms with Crippen LogP contribution in [0.2, 0.25) is 0 Å². The molecule has 0 aliphatic carbocycles.